The molecule has 5 heteroatoms. The highest BCUT2D eigenvalue weighted by Gasteiger charge is 2.03. The number of ether oxygens (including phenoxy) is 1. The maximum absolute atomic E-state index is 8.98. The summed E-state index contributed by atoms with van der Waals surface area (Å²) < 4.78 is 7.34. The lowest BCUT2D eigenvalue weighted by Gasteiger charge is -2.04. The number of benzene rings is 2. The van der Waals surface area contributed by atoms with Crippen molar-refractivity contribution in [3.05, 3.63) is 72.3 Å². The van der Waals surface area contributed by atoms with Gasteiger partial charge in [0.15, 0.2) is 5.82 Å². The summed E-state index contributed by atoms with van der Waals surface area (Å²) in [5.74, 6) is 1.34. The fourth-order valence-electron chi connectivity index (χ4n) is 1.91. The average molecular weight is 281 g/mol. The van der Waals surface area contributed by atoms with Crippen LogP contribution in [0.3, 0.4) is 0 Å². The van der Waals surface area contributed by atoms with E-state index in [1.165, 1.54) is 0 Å². The van der Waals surface area contributed by atoms with E-state index >= 15 is 0 Å². The maximum atomic E-state index is 8.98. The van der Waals surface area contributed by atoms with E-state index in [1.54, 1.807) is 11.0 Å². The Hall–Kier alpha value is -2.66. The summed E-state index contributed by atoms with van der Waals surface area (Å²) in [7, 11) is 0. The van der Waals surface area contributed by atoms with Gasteiger partial charge in [0.05, 0.1) is 12.3 Å². The molecule has 0 amide bonds. The quantitative estimate of drug-likeness (QED) is 0.779. The van der Waals surface area contributed by atoms with Crippen LogP contribution in [0.5, 0.6) is 5.75 Å². The van der Waals surface area contributed by atoms with E-state index in [9.17, 15) is 0 Å². The van der Waals surface area contributed by atoms with Crippen molar-refractivity contribution in [3.8, 4) is 11.4 Å². The van der Waals surface area contributed by atoms with Crippen LogP contribution in [0.15, 0.2) is 60.9 Å². The van der Waals surface area contributed by atoms with Crippen LogP contribution in [0, 0.1) is 0 Å². The zero-order valence-corrected chi connectivity index (χ0v) is 11.4. The van der Waals surface area contributed by atoms with Gasteiger partial charge >= 0.3 is 0 Å². The fourth-order valence-corrected chi connectivity index (χ4v) is 1.91. The number of aliphatic hydroxyl groups is 1. The van der Waals surface area contributed by atoms with E-state index in [2.05, 4.69) is 10.1 Å². The molecule has 0 spiro atoms. The van der Waals surface area contributed by atoms with Crippen molar-refractivity contribution >= 4 is 0 Å². The van der Waals surface area contributed by atoms with Crippen molar-refractivity contribution in [2.24, 2.45) is 0 Å². The molecule has 3 rings (SSSR count). The number of nitrogens with zero attached hydrogens (tertiary/aromatic N) is 3. The predicted octanol–water partition coefficient (Wildman–Crippen LogP) is 2.34. The molecule has 1 aromatic heterocycles. The third kappa shape index (κ3) is 3.27. The van der Waals surface area contributed by atoms with E-state index in [1.807, 2.05) is 54.6 Å². The Labute approximate surface area is 122 Å². The smallest absolute Gasteiger partial charge is 0.188 e. The fraction of sp³-hybridized carbons (Fsp3) is 0.125. The lowest BCUT2D eigenvalue weighted by molar-refractivity contribution is 0.280. The van der Waals surface area contributed by atoms with E-state index in [0.717, 1.165) is 17.0 Å². The zero-order chi connectivity index (χ0) is 14.5. The molecule has 1 N–H and O–H groups in total. The van der Waals surface area contributed by atoms with Crippen molar-refractivity contribution < 1.29 is 9.84 Å². The van der Waals surface area contributed by atoms with Gasteiger partial charge in [-0.25, -0.2) is 9.67 Å². The van der Waals surface area contributed by atoms with Crippen LogP contribution in [0.25, 0.3) is 5.69 Å². The van der Waals surface area contributed by atoms with Gasteiger partial charge in [-0.15, -0.1) is 5.10 Å². The number of rotatable bonds is 5. The predicted molar refractivity (Wildman–Crippen MR) is 78.1 cm³/mol. The monoisotopic (exact) mass is 281 g/mol. The van der Waals surface area contributed by atoms with Crippen LogP contribution in [0.1, 0.15) is 11.4 Å². The van der Waals surface area contributed by atoms with E-state index in [0.29, 0.717) is 12.4 Å². The molecule has 0 radical (unpaired) electrons. The Bertz CT molecular complexity index is 693. The standard InChI is InChI=1S/C16H15N3O2/c20-10-13-6-8-15(9-7-13)21-11-16-17-12-19(18-16)14-4-2-1-3-5-14/h1-9,12,20H,10-11H2. The molecule has 0 fully saturated rings. The van der Waals surface area contributed by atoms with Gasteiger partial charge in [-0.2, -0.15) is 0 Å². The molecule has 3 aromatic rings. The molecule has 0 bridgehead atoms. The van der Waals surface area contributed by atoms with Crippen LogP contribution < -0.4 is 4.74 Å². The summed E-state index contributed by atoms with van der Waals surface area (Å²) in [6, 6.07) is 17.1. The molecule has 2 aromatic carbocycles. The largest absolute Gasteiger partial charge is 0.486 e. The van der Waals surface area contributed by atoms with Gasteiger partial charge in [0.1, 0.15) is 18.7 Å². The molecular formula is C16H15N3O2. The average Bonchev–Trinajstić information content (AvgIpc) is 3.03. The van der Waals surface area contributed by atoms with Gasteiger partial charge in [0, 0.05) is 0 Å². The number of hydrogen-bond acceptors (Lipinski definition) is 4. The van der Waals surface area contributed by atoms with Crippen molar-refractivity contribution in [3.63, 3.8) is 0 Å². The Kier molecular flexibility index (Phi) is 3.93. The van der Waals surface area contributed by atoms with Crippen LogP contribution in [0.2, 0.25) is 0 Å². The Morgan fingerprint density at radius 1 is 1.00 bits per heavy atom. The number of hydrogen-bond donors (Lipinski definition) is 1. The highest BCUT2D eigenvalue weighted by Crippen LogP contribution is 2.13. The summed E-state index contributed by atoms with van der Waals surface area (Å²) in [4.78, 5) is 4.23. The minimum absolute atomic E-state index is 0.0311. The molecular weight excluding hydrogens is 266 g/mol. The summed E-state index contributed by atoms with van der Waals surface area (Å²) in [5, 5.41) is 13.4. The van der Waals surface area contributed by atoms with Crippen molar-refractivity contribution in [2.45, 2.75) is 13.2 Å². The first-order valence-electron chi connectivity index (χ1n) is 6.64. The molecule has 21 heavy (non-hydrogen) atoms. The SMILES string of the molecule is OCc1ccc(OCc2ncn(-c3ccccc3)n2)cc1. The molecule has 5 nitrogen and oxygen atoms in total. The molecule has 106 valence electrons. The molecule has 0 saturated carbocycles. The number of para-hydroxylation sites is 1. The number of aliphatic hydroxyl groups excluding tert-OH is 1. The molecule has 0 aliphatic heterocycles. The van der Waals surface area contributed by atoms with Gasteiger partial charge in [0.25, 0.3) is 0 Å². The highest BCUT2D eigenvalue weighted by atomic mass is 16.5. The van der Waals surface area contributed by atoms with Gasteiger partial charge in [0.2, 0.25) is 0 Å². The normalized spacial score (nSPS) is 10.5. The molecule has 0 atom stereocenters. The lowest BCUT2D eigenvalue weighted by Crippen LogP contribution is -2.00. The summed E-state index contributed by atoms with van der Waals surface area (Å²) in [6.45, 7) is 0.335. The van der Waals surface area contributed by atoms with Gasteiger partial charge < -0.3 is 9.84 Å². The molecule has 0 aliphatic rings. The first-order chi connectivity index (χ1) is 10.3. The maximum Gasteiger partial charge on any atom is 0.188 e. The van der Waals surface area contributed by atoms with Crippen molar-refractivity contribution in [1.29, 1.82) is 0 Å². The minimum Gasteiger partial charge on any atom is -0.486 e. The highest BCUT2D eigenvalue weighted by molar-refractivity contribution is 5.29. The minimum atomic E-state index is 0.0311. The van der Waals surface area contributed by atoms with E-state index in [-0.39, 0.29) is 6.61 Å². The lowest BCUT2D eigenvalue weighted by atomic mass is 10.2. The van der Waals surface area contributed by atoms with E-state index < -0.39 is 0 Å². The van der Waals surface area contributed by atoms with Crippen molar-refractivity contribution in [2.75, 3.05) is 0 Å². The first-order valence-corrected chi connectivity index (χ1v) is 6.64. The topological polar surface area (TPSA) is 60.2 Å². The molecule has 0 saturated heterocycles. The van der Waals surface area contributed by atoms with Crippen LogP contribution in [-0.4, -0.2) is 19.9 Å². The number of aromatic nitrogens is 3. The van der Waals surface area contributed by atoms with Crippen molar-refractivity contribution in [1.82, 2.24) is 14.8 Å². The van der Waals surface area contributed by atoms with Gasteiger partial charge in [-0.05, 0) is 29.8 Å². The van der Waals surface area contributed by atoms with Crippen LogP contribution in [-0.2, 0) is 13.2 Å². The molecule has 1 heterocycles. The Balaban J connectivity index is 1.64. The van der Waals surface area contributed by atoms with Gasteiger partial charge in [-0.1, -0.05) is 30.3 Å². The van der Waals surface area contributed by atoms with Gasteiger partial charge in [-0.3, -0.25) is 0 Å². The third-order valence-electron chi connectivity index (χ3n) is 3.03. The van der Waals surface area contributed by atoms with Crippen LogP contribution >= 0.6 is 0 Å². The van der Waals surface area contributed by atoms with E-state index in [4.69, 9.17) is 9.84 Å². The zero-order valence-electron chi connectivity index (χ0n) is 11.4. The Morgan fingerprint density at radius 2 is 1.76 bits per heavy atom. The second-order valence-electron chi connectivity index (χ2n) is 4.53. The Morgan fingerprint density at radius 3 is 2.48 bits per heavy atom. The molecule has 0 aliphatic carbocycles. The van der Waals surface area contributed by atoms with Crippen LogP contribution in [0.4, 0.5) is 0 Å². The first kappa shape index (κ1) is 13.3. The summed E-state index contributed by atoms with van der Waals surface area (Å²) in [6.07, 6.45) is 1.67. The molecule has 0 unspecified atom stereocenters. The second-order valence-corrected chi connectivity index (χ2v) is 4.53. The summed E-state index contributed by atoms with van der Waals surface area (Å²) >= 11 is 0. The third-order valence-corrected chi connectivity index (χ3v) is 3.03. The second kappa shape index (κ2) is 6.19. The summed E-state index contributed by atoms with van der Waals surface area (Å²) in [5.41, 5.74) is 1.82.